The van der Waals surface area contributed by atoms with Gasteiger partial charge in [0.15, 0.2) is 0 Å². The molecule has 0 saturated heterocycles. The summed E-state index contributed by atoms with van der Waals surface area (Å²) in [5, 5.41) is 2.83. The first-order valence-corrected chi connectivity index (χ1v) is 8.73. The third-order valence-corrected chi connectivity index (χ3v) is 3.91. The van der Waals surface area contributed by atoms with Gasteiger partial charge in [-0.15, -0.1) is 0 Å². The fraction of sp³-hybridized carbons (Fsp3) is 0.381. The topological polar surface area (TPSA) is 66.0 Å². The van der Waals surface area contributed by atoms with Crippen molar-refractivity contribution in [2.45, 2.75) is 32.4 Å². The van der Waals surface area contributed by atoms with Crippen molar-refractivity contribution in [2.75, 3.05) is 21.3 Å². The molecule has 0 spiro atoms. The van der Waals surface area contributed by atoms with Crippen LogP contribution in [0.15, 0.2) is 36.4 Å². The second-order valence-corrected chi connectivity index (χ2v) is 7.08. The monoisotopic (exact) mass is 391 g/mol. The summed E-state index contributed by atoms with van der Waals surface area (Å²) in [6.45, 7) is 5.32. The van der Waals surface area contributed by atoms with E-state index in [0.717, 1.165) is 0 Å². The molecule has 28 heavy (non-hydrogen) atoms. The number of nitrogens with one attached hydrogen (secondary N) is 1. The van der Waals surface area contributed by atoms with Crippen LogP contribution in [-0.4, -0.2) is 33.0 Å². The maximum atomic E-state index is 13.4. The van der Waals surface area contributed by atoms with Crippen molar-refractivity contribution in [1.82, 2.24) is 5.32 Å². The van der Waals surface area contributed by atoms with E-state index in [1.807, 2.05) is 0 Å². The number of hydrogen-bond donors (Lipinski definition) is 1. The highest BCUT2D eigenvalue weighted by Crippen LogP contribution is 2.41. The second kappa shape index (κ2) is 8.82. The summed E-state index contributed by atoms with van der Waals surface area (Å²) in [6.07, 6.45) is -0.623. The van der Waals surface area contributed by atoms with Gasteiger partial charge in [0, 0.05) is 12.1 Å². The van der Waals surface area contributed by atoms with Crippen LogP contribution in [0.25, 0.3) is 0 Å². The number of halogens is 1. The maximum absolute atomic E-state index is 13.4. The van der Waals surface area contributed by atoms with E-state index in [9.17, 15) is 9.18 Å². The van der Waals surface area contributed by atoms with E-state index < -0.39 is 17.7 Å². The van der Waals surface area contributed by atoms with Crippen molar-refractivity contribution >= 4 is 6.09 Å². The first kappa shape index (κ1) is 21.3. The van der Waals surface area contributed by atoms with Crippen molar-refractivity contribution in [1.29, 1.82) is 0 Å². The molecule has 152 valence electrons. The fourth-order valence-electron chi connectivity index (χ4n) is 2.72. The molecule has 2 aromatic carbocycles. The molecule has 0 fully saturated rings. The maximum Gasteiger partial charge on any atom is 0.408 e. The van der Waals surface area contributed by atoms with Crippen molar-refractivity contribution in [2.24, 2.45) is 0 Å². The van der Waals surface area contributed by atoms with Crippen molar-refractivity contribution in [3.63, 3.8) is 0 Å². The Morgan fingerprint density at radius 2 is 1.50 bits per heavy atom. The van der Waals surface area contributed by atoms with Gasteiger partial charge in [-0.25, -0.2) is 9.18 Å². The Morgan fingerprint density at radius 3 is 1.93 bits per heavy atom. The Bertz CT molecular complexity index is 790. The molecule has 6 nitrogen and oxygen atoms in total. The molecule has 0 aliphatic heterocycles. The summed E-state index contributed by atoms with van der Waals surface area (Å²) >= 11 is 0. The van der Waals surface area contributed by atoms with Gasteiger partial charge in [0.1, 0.15) is 28.7 Å². The van der Waals surface area contributed by atoms with Crippen LogP contribution in [0, 0.1) is 5.82 Å². The lowest BCUT2D eigenvalue weighted by Crippen LogP contribution is -2.35. The molecule has 2 rings (SSSR count). The zero-order valence-corrected chi connectivity index (χ0v) is 17.0. The molecule has 0 aromatic heterocycles. The molecule has 7 heteroatoms. The van der Waals surface area contributed by atoms with Crippen molar-refractivity contribution in [3.8, 4) is 17.2 Å². The zero-order valence-electron chi connectivity index (χ0n) is 17.0. The molecule has 1 amide bonds. The van der Waals surface area contributed by atoms with Crippen molar-refractivity contribution in [3.05, 3.63) is 53.3 Å². The zero-order chi connectivity index (χ0) is 20.9. The van der Waals surface area contributed by atoms with Crippen LogP contribution in [0.2, 0.25) is 0 Å². The molecule has 2 aromatic rings. The summed E-state index contributed by atoms with van der Waals surface area (Å²) in [7, 11) is 4.55. The number of methoxy groups -OCH3 is 3. The molecule has 0 heterocycles. The van der Waals surface area contributed by atoms with Crippen LogP contribution in [0.1, 0.15) is 37.9 Å². The van der Waals surface area contributed by atoms with E-state index in [-0.39, 0.29) is 5.82 Å². The summed E-state index contributed by atoms with van der Waals surface area (Å²) in [5.74, 6) is 1.05. The SMILES string of the molecule is COc1cc(OC)c(C(NC(=O)OC(C)(C)C)c2ccc(F)cc2)c(OC)c1. The lowest BCUT2D eigenvalue weighted by molar-refractivity contribution is 0.0511. The van der Waals surface area contributed by atoms with Gasteiger partial charge in [-0.2, -0.15) is 0 Å². The van der Waals surface area contributed by atoms with E-state index in [4.69, 9.17) is 18.9 Å². The third kappa shape index (κ3) is 5.28. The molecule has 1 atom stereocenters. The van der Waals surface area contributed by atoms with E-state index >= 15 is 0 Å². The van der Waals surface area contributed by atoms with Crippen LogP contribution >= 0.6 is 0 Å². The number of ether oxygens (including phenoxy) is 4. The summed E-state index contributed by atoms with van der Waals surface area (Å²) in [4.78, 5) is 12.5. The van der Waals surface area contributed by atoms with Crippen LogP contribution in [0.3, 0.4) is 0 Å². The van der Waals surface area contributed by atoms with Crippen molar-refractivity contribution < 1.29 is 28.1 Å². The van der Waals surface area contributed by atoms with E-state index in [0.29, 0.717) is 28.4 Å². The molecular formula is C21H26FNO5. The first-order chi connectivity index (χ1) is 13.2. The van der Waals surface area contributed by atoms with Gasteiger partial charge in [-0.05, 0) is 38.5 Å². The lowest BCUT2D eigenvalue weighted by Gasteiger charge is -2.26. The van der Waals surface area contributed by atoms with Gasteiger partial charge in [0.05, 0.1) is 32.9 Å². The predicted molar refractivity (Wildman–Crippen MR) is 104 cm³/mol. The molecule has 0 aliphatic carbocycles. The number of carbonyl (C=O) groups is 1. The highest BCUT2D eigenvalue weighted by atomic mass is 19.1. The molecule has 0 aliphatic rings. The number of amides is 1. The van der Waals surface area contributed by atoms with E-state index in [2.05, 4.69) is 5.32 Å². The smallest absolute Gasteiger partial charge is 0.408 e. The van der Waals surface area contributed by atoms with Gasteiger partial charge < -0.3 is 24.3 Å². The van der Waals surface area contributed by atoms with E-state index in [1.54, 1.807) is 45.0 Å². The minimum absolute atomic E-state index is 0.381. The Kier molecular flexibility index (Phi) is 6.72. The fourth-order valence-corrected chi connectivity index (χ4v) is 2.72. The summed E-state index contributed by atoms with van der Waals surface area (Å²) in [6, 6.07) is 8.48. The predicted octanol–water partition coefficient (Wildman–Crippen LogP) is 4.47. The first-order valence-electron chi connectivity index (χ1n) is 8.73. The largest absolute Gasteiger partial charge is 0.496 e. The molecular weight excluding hydrogens is 365 g/mol. The third-order valence-electron chi connectivity index (χ3n) is 3.91. The minimum atomic E-state index is -0.703. The Labute approximate surface area is 164 Å². The Hall–Kier alpha value is -2.96. The molecule has 1 N–H and O–H groups in total. The average molecular weight is 391 g/mol. The van der Waals surface area contributed by atoms with Gasteiger partial charge in [0.2, 0.25) is 0 Å². The van der Waals surface area contributed by atoms with Gasteiger partial charge in [-0.3, -0.25) is 0 Å². The number of alkyl carbamates (subject to hydrolysis) is 1. The average Bonchev–Trinajstić information content (AvgIpc) is 2.64. The molecule has 0 bridgehead atoms. The number of benzene rings is 2. The highest BCUT2D eigenvalue weighted by Gasteiger charge is 2.28. The van der Waals surface area contributed by atoms with Gasteiger partial charge in [0.25, 0.3) is 0 Å². The lowest BCUT2D eigenvalue weighted by atomic mass is 9.96. The minimum Gasteiger partial charge on any atom is -0.496 e. The highest BCUT2D eigenvalue weighted by molar-refractivity contribution is 5.70. The van der Waals surface area contributed by atoms with Gasteiger partial charge >= 0.3 is 6.09 Å². The Balaban J connectivity index is 2.58. The van der Waals surface area contributed by atoms with Crippen LogP contribution < -0.4 is 19.5 Å². The normalized spacial score (nSPS) is 12.1. The number of rotatable bonds is 6. The second-order valence-electron chi connectivity index (χ2n) is 7.08. The van der Waals surface area contributed by atoms with Gasteiger partial charge in [-0.1, -0.05) is 12.1 Å². The van der Waals surface area contributed by atoms with Crippen LogP contribution in [-0.2, 0) is 4.74 Å². The Morgan fingerprint density at radius 1 is 0.964 bits per heavy atom. The van der Waals surface area contributed by atoms with Crippen LogP contribution in [0.4, 0.5) is 9.18 Å². The number of hydrogen-bond acceptors (Lipinski definition) is 5. The molecule has 0 saturated carbocycles. The molecule has 0 radical (unpaired) electrons. The number of carbonyl (C=O) groups excluding carboxylic acids is 1. The molecule has 1 unspecified atom stereocenters. The quantitative estimate of drug-likeness (QED) is 0.787. The standard InChI is InChI=1S/C21H26FNO5/c1-21(2,3)28-20(24)23-19(13-7-9-14(22)10-8-13)18-16(26-5)11-15(25-4)12-17(18)27-6/h7-12,19H,1-6H3,(H,23,24). The van der Waals surface area contributed by atoms with Crippen LogP contribution in [0.5, 0.6) is 17.2 Å². The summed E-state index contributed by atoms with van der Waals surface area (Å²) in [5.41, 5.74) is 0.517. The summed E-state index contributed by atoms with van der Waals surface area (Å²) < 4.78 is 35.2. The van der Waals surface area contributed by atoms with E-state index in [1.165, 1.54) is 33.5 Å².